The van der Waals surface area contributed by atoms with Gasteiger partial charge in [0, 0.05) is 20.1 Å². The maximum atomic E-state index is 11.7. The van der Waals surface area contributed by atoms with Crippen molar-refractivity contribution in [3.63, 3.8) is 0 Å². The van der Waals surface area contributed by atoms with Gasteiger partial charge in [-0.1, -0.05) is 29.8 Å². The zero-order valence-electron chi connectivity index (χ0n) is 11.9. The fourth-order valence-corrected chi connectivity index (χ4v) is 1.76. The molecule has 0 saturated carbocycles. The van der Waals surface area contributed by atoms with Crippen molar-refractivity contribution in [2.45, 2.75) is 32.3 Å². The van der Waals surface area contributed by atoms with Crippen LogP contribution in [0.15, 0.2) is 24.3 Å². The lowest BCUT2D eigenvalue weighted by molar-refractivity contribution is -0.140. The van der Waals surface area contributed by atoms with Gasteiger partial charge in [0.15, 0.2) is 0 Å². The van der Waals surface area contributed by atoms with Gasteiger partial charge < -0.3 is 15.2 Å². The first-order valence-corrected chi connectivity index (χ1v) is 6.58. The highest BCUT2D eigenvalue weighted by atomic mass is 16.5. The van der Waals surface area contributed by atoms with Crippen molar-refractivity contribution in [3.05, 3.63) is 35.4 Å². The number of methoxy groups -OCH3 is 1. The average molecular weight is 279 g/mol. The fraction of sp³-hybridized carbons (Fsp3) is 0.467. The molecule has 110 valence electrons. The van der Waals surface area contributed by atoms with Gasteiger partial charge in [-0.25, -0.2) is 0 Å². The zero-order valence-corrected chi connectivity index (χ0v) is 11.9. The minimum absolute atomic E-state index is 0.0991. The van der Waals surface area contributed by atoms with Gasteiger partial charge in [-0.15, -0.1) is 0 Å². The monoisotopic (exact) mass is 279 g/mol. The standard InChI is InChI=1S/C15H21NO4/c1-11-3-5-12(6-4-11)7-8-14(17)16-10-13(20-2)9-15(18)19/h3-6,13H,7-10H2,1-2H3,(H,16,17)(H,18,19). The topological polar surface area (TPSA) is 75.6 Å². The molecule has 0 bridgehead atoms. The number of hydrogen-bond acceptors (Lipinski definition) is 3. The Labute approximate surface area is 118 Å². The van der Waals surface area contributed by atoms with Crippen LogP contribution in [0.25, 0.3) is 0 Å². The van der Waals surface area contributed by atoms with Gasteiger partial charge in [0.2, 0.25) is 5.91 Å². The summed E-state index contributed by atoms with van der Waals surface area (Å²) in [5.74, 6) is -1.04. The summed E-state index contributed by atoms with van der Waals surface area (Å²) in [6, 6.07) is 8.04. The molecule has 1 rings (SSSR count). The molecule has 5 nitrogen and oxygen atoms in total. The number of ether oxygens (including phenoxy) is 1. The smallest absolute Gasteiger partial charge is 0.306 e. The predicted molar refractivity (Wildman–Crippen MR) is 75.6 cm³/mol. The first-order chi connectivity index (χ1) is 9.51. The molecule has 0 aliphatic heterocycles. The molecule has 1 unspecified atom stereocenters. The van der Waals surface area contributed by atoms with E-state index in [2.05, 4.69) is 5.32 Å². The largest absolute Gasteiger partial charge is 0.481 e. The van der Waals surface area contributed by atoms with Crippen LogP contribution in [0.2, 0.25) is 0 Å². The molecule has 1 atom stereocenters. The molecule has 1 amide bonds. The van der Waals surface area contributed by atoms with Crippen LogP contribution < -0.4 is 5.32 Å². The minimum Gasteiger partial charge on any atom is -0.481 e. The number of carbonyl (C=O) groups is 2. The van der Waals surface area contributed by atoms with Crippen molar-refractivity contribution in [1.29, 1.82) is 0 Å². The fourth-order valence-electron chi connectivity index (χ4n) is 1.76. The second-order valence-corrected chi connectivity index (χ2v) is 4.75. The Kier molecular flexibility index (Phi) is 6.73. The molecule has 20 heavy (non-hydrogen) atoms. The number of hydrogen-bond donors (Lipinski definition) is 2. The normalized spacial score (nSPS) is 11.9. The van der Waals surface area contributed by atoms with Gasteiger partial charge in [-0.3, -0.25) is 9.59 Å². The molecule has 0 aliphatic carbocycles. The maximum Gasteiger partial charge on any atom is 0.306 e. The summed E-state index contributed by atoms with van der Waals surface area (Å²) in [7, 11) is 1.44. The summed E-state index contributed by atoms with van der Waals surface area (Å²) >= 11 is 0. The minimum atomic E-state index is -0.939. The molecule has 0 aromatic heterocycles. The molecule has 0 saturated heterocycles. The Balaban J connectivity index is 2.29. The predicted octanol–water partition coefficient (Wildman–Crippen LogP) is 1.53. The van der Waals surface area contributed by atoms with Crippen LogP contribution in [-0.4, -0.2) is 36.7 Å². The van der Waals surface area contributed by atoms with Gasteiger partial charge in [-0.05, 0) is 18.9 Å². The van der Waals surface area contributed by atoms with Gasteiger partial charge in [0.25, 0.3) is 0 Å². The van der Waals surface area contributed by atoms with E-state index in [9.17, 15) is 9.59 Å². The summed E-state index contributed by atoms with van der Waals surface area (Å²) in [5.41, 5.74) is 2.30. The second-order valence-electron chi connectivity index (χ2n) is 4.75. The van der Waals surface area contributed by atoms with Crippen LogP contribution in [0, 0.1) is 6.92 Å². The molecule has 0 fully saturated rings. The maximum absolute atomic E-state index is 11.7. The van der Waals surface area contributed by atoms with E-state index >= 15 is 0 Å². The van der Waals surface area contributed by atoms with E-state index in [0.717, 1.165) is 5.56 Å². The summed E-state index contributed by atoms with van der Waals surface area (Å²) in [4.78, 5) is 22.2. The molecule has 0 heterocycles. The lowest BCUT2D eigenvalue weighted by Crippen LogP contribution is -2.34. The van der Waals surface area contributed by atoms with Crippen LogP contribution >= 0.6 is 0 Å². The van der Waals surface area contributed by atoms with Crippen molar-refractivity contribution in [1.82, 2.24) is 5.32 Å². The Hall–Kier alpha value is -1.88. The van der Waals surface area contributed by atoms with Crippen LogP contribution in [0.1, 0.15) is 24.0 Å². The summed E-state index contributed by atoms with van der Waals surface area (Å²) < 4.78 is 4.99. The van der Waals surface area contributed by atoms with E-state index < -0.39 is 12.1 Å². The number of aryl methyl sites for hydroxylation is 2. The molecule has 1 aromatic rings. The highest BCUT2D eigenvalue weighted by molar-refractivity contribution is 5.76. The second kappa shape index (κ2) is 8.32. The Morgan fingerprint density at radius 1 is 1.30 bits per heavy atom. The van der Waals surface area contributed by atoms with Gasteiger partial charge in [0.1, 0.15) is 0 Å². The number of aliphatic carboxylic acids is 1. The van der Waals surface area contributed by atoms with E-state index in [1.807, 2.05) is 31.2 Å². The number of benzene rings is 1. The SMILES string of the molecule is COC(CNC(=O)CCc1ccc(C)cc1)CC(=O)O. The first-order valence-electron chi connectivity index (χ1n) is 6.58. The first kappa shape index (κ1) is 16.2. The highest BCUT2D eigenvalue weighted by Gasteiger charge is 2.13. The van der Waals surface area contributed by atoms with E-state index in [0.29, 0.717) is 12.8 Å². The van der Waals surface area contributed by atoms with Crippen molar-refractivity contribution >= 4 is 11.9 Å². The number of amides is 1. The van der Waals surface area contributed by atoms with E-state index in [1.165, 1.54) is 12.7 Å². The Bertz CT molecular complexity index is 442. The van der Waals surface area contributed by atoms with Crippen LogP contribution in [0.3, 0.4) is 0 Å². The van der Waals surface area contributed by atoms with Crippen LogP contribution in [-0.2, 0) is 20.7 Å². The number of carboxylic acids is 1. The summed E-state index contributed by atoms with van der Waals surface area (Å²) in [6.07, 6.45) is 0.445. The molecule has 2 N–H and O–H groups in total. The van der Waals surface area contributed by atoms with Crippen molar-refractivity contribution in [2.75, 3.05) is 13.7 Å². The number of carbonyl (C=O) groups excluding carboxylic acids is 1. The molecule has 0 radical (unpaired) electrons. The Morgan fingerprint density at radius 3 is 2.50 bits per heavy atom. The number of nitrogens with one attached hydrogen (secondary N) is 1. The number of carboxylic acid groups (broad SMARTS) is 1. The number of rotatable bonds is 8. The molecule has 0 aliphatic rings. The third-order valence-corrected chi connectivity index (χ3v) is 3.02. The van der Waals surface area contributed by atoms with Gasteiger partial charge in [-0.2, -0.15) is 0 Å². The highest BCUT2D eigenvalue weighted by Crippen LogP contribution is 2.05. The van der Waals surface area contributed by atoms with E-state index in [4.69, 9.17) is 9.84 Å². The molecule has 1 aromatic carbocycles. The lowest BCUT2D eigenvalue weighted by Gasteiger charge is -2.13. The average Bonchev–Trinajstić information content (AvgIpc) is 2.42. The molecule has 5 heteroatoms. The third-order valence-electron chi connectivity index (χ3n) is 3.02. The van der Waals surface area contributed by atoms with Crippen molar-refractivity contribution in [2.24, 2.45) is 0 Å². The molecule has 0 spiro atoms. The van der Waals surface area contributed by atoms with Crippen LogP contribution in [0.4, 0.5) is 0 Å². The van der Waals surface area contributed by atoms with Crippen LogP contribution in [0.5, 0.6) is 0 Å². The Morgan fingerprint density at radius 2 is 1.95 bits per heavy atom. The van der Waals surface area contributed by atoms with Crippen molar-refractivity contribution < 1.29 is 19.4 Å². The zero-order chi connectivity index (χ0) is 15.0. The quantitative estimate of drug-likeness (QED) is 0.756. The summed E-state index contributed by atoms with van der Waals surface area (Å²) in [5, 5.41) is 11.4. The molecular formula is C15H21NO4. The van der Waals surface area contributed by atoms with Crippen molar-refractivity contribution in [3.8, 4) is 0 Å². The van der Waals surface area contributed by atoms with E-state index in [-0.39, 0.29) is 18.9 Å². The van der Waals surface area contributed by atoms with E-state index in [1.54, 1.807) is 0 Å². The third kappa shape index (κ3) is 6.33. The lowest BCUT2D eigenvalue weighted by atomic mass is 10.1. The van der Waals surface area contributed by atoms with Gasteiger partial charge in [0.05, 0.1) is 12.5 Å². The van der Waals surface area contributed by atoms with Gasteiger partial charge >= 0.3 is 5.97 Å². The summed E-state index contributed by atoms with van der Waals surface area (Å²) in [6.45, 7) is 2.24. The molecular weight excluding hydrogens is 258 g/mol.